The molecule has 0 spiro atoms. The lowest BCUT2D eigenvalue weighted by molar-refractivity contribution is 0.0600. The molecule has 7 heteroatoms. The van der Waals surface area contributed by atoms with Crippen LogP contribution in [0.2, 0.25) is 0 Å². The molecule has 0 radical (unpaired) electrons. The molecule has 0 aliphatic carbocycles. The lowest BCUT2D eigenvalue weighted by atomic mass is 10.1. The highest BCUT2D eigenvalue weighted by Gasteiger charge is 2.16. The van der Waals surface area contributed by atoms with Gasteiger partial charge in [0.15, 0.2) is 0 Å². The summed E-state index contributed by atoms with van der Waals surface area (Å²) >= 11 is 0. The van der Waals surface area contributed by atoms with Crippen molar-refractivity contribution >= 4 is 22.9 Å². The highest BCUT2D eigenvalue weighted by atomic mass is 16.5. The molecule has 0 saturated heterocycles. The van der Waals surface area contributed by atoms with Crippen LogP contribution in [0.3, 0.4) is 0 Å². The maximum absolute atomic E-state index is 12.0. The zero-order valence-electron chi connectivity index (χ0n) is 15.5. The van der Waals surface area contributed by atoms with E-state index in [1.54, 1.807) is 38.4 Å². The molecule has 0 bridgehead atoms. The Balaban J connectivity index is 2.15. The normalized spacial score (nSPS) is 10.8. The molecule has 2 aromatic carbocycles. The second kappa shape index (κ2) is 8.01. The van der Waals surface area contributed by atoms with Crippen LogP contribution in [0.4, 0.5) is 0 Å². The monoisotopic (exact) mass is 367 g/mol. The van der Waals surface area contributed by atoms with Crippen LogP contribution in [-0.2, 0) is 16.0 Å². The van der Waals surface area contributed by atoms with Crippen molar-refractivity contribution in [2.75, 3.05) is 27.9 Å². The van der Waals surface area contributed by atoms with E-state index in [9.17, 15) is 9.59 Å². The Morgan fingerprint density at radius 2 is 1.93 bits per heavy atom. The number of hydrogen-bond acceptors (Lipinski definition) is 5. The summed E-state index contributed by atoms with van der Waals surface area (Å²) in [5.41, 5.74) is 3.35. The van der Waals surface area contributed by atoms with E-state index in [-0.39, 0.29) is 5.91 Å². The van der Waals surface area contributed by atoms with Gasteiger partial charge in [0.1, 0.15) is 5.82 Å². The van der Waals surface area contributed by atoms with E-state index < -0.39 is 5.97 Å². The van der Waals surface area contributed by atoms with Crippen molar-refractivity contribution < 1.29 is 19.1 Å². The van der Waals surface area contributed by atoms with Crippen LogP contribution in [0.25, 0.3) is 22.4 Å². The van der Waals surface area contributed by atoms with E-state index in [4.69, 9.17) is 14.5 Å². The SMILES string of the molecule is CNC(=O)c1cccc(-c2nc3cc(C(=O)OC)ccc3n2CCOC)c1. The van der Waals surface area contributed by atoms with E-state index >= 15 is 0 Å². The standard InChI is InChI=1S/C20H21N3O4/c1-21-19(24)14-6-4-5-13(11-14)18-22-16-12-15(20(25)27-3)7-8-17(16)23(18)9-10-26-2/h4-8,11-12H,9-10H2,1-3H3,(H,21,24). The van der Waals surface area contributed by atoms with Gasteiger partial charge in [0.2, 0.25) is 0 Å². The molecule has 0 aliphatic rings. The fourth-order valence-corrected chi connectivity index (χ4v) is 2.95. The first-order valence-electron chi connectivity index (χ1n) is 8.49. The summed E-state index contributed by atoms with van der Waals surface area (Å²) in [7, 11) is 4.58. The number of nitrogens with zero attached hydrogens (tertiary/aromatic N) is 2. The average molecular weight is 367 g/mol. The Labute approximate surface area is 156 Å². The van der Waals surface area contributed by atoms with Crippen molar-refractivity contribution in [3.63, 3.8) is 0 Å². The Kier molecular flexibility index (Phi) is 5.52. The van der Waals surface area contributed by atoms with E-state index in [0.717, 1.165) is 11.1 Å². The van der Waals surface area contributed by atoms with E-state index in [0.29, 0.717) is 35.6 Å². The highest BCUT2D eigenvalue weighted by molar-refractivity contribution is 5.96. The number of methoxy groups -OCH3 is 2. The topological polar surface area (TPSA) is 82.5 Å². The van der Waals surface area contributed by atoms with Crippen LogP contribution >= 0.6 is 0 Å². The second-order valence-corrected chi connectivity index (χ2v) is 5.93. The molecule has 0 aliphatic heterocycles. The highest BCUT2D eigenvalue weighted by Crippen LogP contribution is 2.26. The van der Waals surface area contributed by atoms with Crippen LogP contribution in [-0.4, -0.2) is 49.3 Å². The largest absolute Gasteiger partial charge is 0.465 e. The number of benzene rings is 2. The van der Waals surface area contributed by atoms with Crippen LogP contribution in [0.5, 0.6) is 0 Å². The van der Waals surface area contributed by atoms with Crippen LogP contribution in [0.15, 0.2) is 42.5 Å². The van der Waals surface area contributed by atoms with E-state index in [1.165, 1.54) is 7.11 Å². The average Bonchev–Trinajstić information content (AvgIpc) is 3.08. The number of esters is 1. The van der Waals surface area contributed by atoms with Gasteiger partial charge in [-0.3, -0.25) is 4.79 Å². The number of hydrogen-bond donors (Lipinski definition) is 1. The molecule has 0 saturated carbocycles. The minimum Gasteiger partial charge on any atom is -0.465 e. The maximum atomic E-state index is 12.0. The van der Waals surface area contributed by atoms with Gasteiger partial charge < -0.3 is 19.4 Å². The number of amides is 1. The van der Waals surface area contributed by atoms with Crippen molar-refractivity contribution in [3.05, 3.63) is 53.6 Å². The summed E-state index contributed by atoms with van der Waals surface area (Å²) in [5, 5.41) is 2.62. The van der Waals surface area contributed by atoms with Crippen molar-refractivity contribution in [2.24, 2.45) is 0 Å². The van der Waals surface area contributed by atoms with Crippen LogP contribution in [0, 0.1) is 0 Å². The van der Waals surface area contributed by atoms with Crippen LogP contribution < -0.4 is 5.32 Å². The predicted molar refractivity (Wildman–Crippen MR) is 102 cm³/mol. The van der Waals surface area contributed by atoms with Gasteiger partial charge in [0, 0.05) is 31.8 Å². The molecule has 1 amide bonds. The van der Waals surface area contributed by atoms with Gasteiger partial charge >= 0.3 is 5.97 Å². The molecule has 1 aromatic heterocycles. The Bertz CT molecular complexity index is 994. The molecule has 0 unspecified atom stereocenters. The van der Waals surface area contributed by atoms with Crippen molar-refractivity contribution in [1.82, 2.24) is 14.9 Å². The number of fused-ring (bicyclic) bond motifs is 1. The minimum atomic E-state index is -0.411. The molecule has 140 valence electrons. The molecule has 1 N–H and O–H groups in total. The number of ether oxygens (including phenoxy) is 2. The van der Waals surface area contributed by atoms with Gasteiger partial charge in [-0.25, -0.2) is 9.78 Å². The predicted octanol–water partition coefficient (Wildman–Crippen LogP) is 2.50. The van der Waals surface area contributed by atoms with Crippen molar-refractivity contribution in [2.45, 2.75) is 6.54 Å². The van der Waals surface area contributed by atoms with Gasteiger partial charge in [-0.15, -0.1) is 0 Å². The molecule has 1 heterocycles. The molecule has 0 atom stereocenters. The third kappa shape index (κ3) is 3.68. The Hall–Kier alpha value is -3.19. The molecule has 7 nitrogen and oxygen atoms in total. The van der Waals surface area contributed by atoms with E-state index in [2.05, 4.69) is 5.32 Å². The third-order valence-electron chi connectivity index (χ3n) is 4.30. The summed E-state index contributed by atoms with van der Waals surface area (Å²) in [6.07, 6.45) is 0. The Morgan fingerprint density at radius 3 is 2.63 bits per heavy atom. The number of carbonyl (C=O) groups excluding carboxylic acids is 2. The first-order chi connectivity index (χ1) is 13.1. The molecule has 3 aromatic rings. The Morgan fingerprint density at radius 1 is 1.11 bits per heavy atom. The van der Waals surface area contributed by atoms with Crippen molar-refractivity contribution in [3.8, 4) is 11.4 Å². The van der Waals surface area contributed by atoms with Gasteiger partial charge in [0.05, 0.1) is 30.3 Å². The van der Waals surface area contributed by atoms with Gasteiger partial charge in [0.25, 0.3) is 5.91 Å². The number of aromatic nitrogens is 2. The van der Waals surface area contributed by atoms with Gasteiger partial charge in [-0.05, 0) is 30.3 Å². The summed E-state index contributed by atoms with van der Waals surface area (Å²) in [4.78, 5) is 28.5. The number of rotatable bonds is 6. The zero-order valence-corrected chi connectivity index (χ0v) is 15.5. The number of carbonyl (C=O) groups is 2. The number of nitrogens with one attached hydrogen (secondary N) is 1. The lowest BCUT2D eigenvalue weighted by Crippen LogP contribution is -2.17. The molecular formula is C20H21N3O4. The third-order valence-corrected chi connectivity index (χ3v) is 4.30. The first kappa shape index (κ1) is 18.6. The summed E-state index contributed by atoms with van der Waals surface area (Å²) in [6, 6.07) is 12.5. The number of imidazole rings is 1. The smallest absolute Gasteiger partial charge is 0.337 e. The van der Waals surface area contributed by atoms with E-state index in [1.807, 2.05) is 22.8 Å². The summed E-state index contributed by atoms with van der Waals surface area (Å²) in [5.74, 6) is 0.130. The molecule has 27 heavy (non-hydrogen) atoms. The fourth-order valence-electron chi connectivity index (χ4n) is 2.95. The molecular weight excluding hydrogens is 346 g/mol. The fraction of sp³-hybridized carbons (Fsp3) is 0.250. The maximum Gasteiger partial charge on any atom is 0.337 e. The zero-order chi connectivity index (χ0) is 19.4. The van der Waals surface area contributed by atoms with Gasteiger partial charge in [-0.1, -0.05) is 12.1 Å². The lowest BCUT2D eigenvalue weighted by Gasteiger charge is -2.10. The van der Waals surface area contributed by atoms with Crippen LogP contribution in [0.1, 0.15) is 20.7 Å². The van der Waals surface area contributed by atoms with Crippen molar-refractivity contribution in [1.29, 1.82) is 0 Å². The molecule has 0 fully saturated rings. The minimum absolute atomic E-state index is 0.163. The second-order valence-electron chi connectivity index (χ2n) is 5.93. The van der Waals surface area contributed by atoms with Gasteiger partial charge in [-0.2, -0.15) is 0 Å². The molecule has 3 rings (SSSR count). The first-order valence-corrected chi connectivity index (χ1v) is 8.49. The summed E-state index contributed by atoms with van der Waals surface area (Å²) in [6.45, 7) is 1.09. The summed E-state index contributed by atoms with van der Waals surface area (Å²) < 4.78 is 12.0. The quantitative estimate of drug-likeness (QED) is 0.677.